The quantitative estimate of drug-likeness (QED) is 0.466. The fourth-order valence-corrected chi connectivity index (χ4v) is 3.25. The Labute approximate surface area is 151 Å². The summed E-state index contributed by atoms with van der Waals surface area (Å²) in [5.41, 5.74) is 1.40. The molecule has 27 heavy (non-hydrogen) atoms. The molecule has 2 aromatic carbocycles. The van der Waals surface area contributed by atoms with E-state index < -0.39 is 34.6 Å². The molecule has 0 amide bonds. The number of nitrogens with zero attached hydrogens (tertiary/aromatic N) is 2. The molecule has 4 rings (SSSR count). The molecule has 8 heteroatoms. The zero-order valence-corrected chi connectivity index (χ0v) is 14.1. The first-order valence-corrected chi connectivity index (χ1v) is 8.16. The van der Waals surface area contributed by atoms with E-state index in [2.05, 4.69) is 9.97 Å². The molecule has 4 aromatic rings. The maximum atomic E-state index is 14.5. The Balaban J connectivity index is 2.09. The summed E-state index contributed by atoms with van der Waals surface area (Å²) < 4.78 is 43.2. The molecular formula is C19H14F3N3O2. The fraction of sp³-hybridized carbons (Fsp3) is 0.105. The van der Waals surface area contributed by atoms with Crippen molar-refractivity contribution < 1.29 is 23.4 Å². The lowest BCUT2D eigenvalue weighted by Gasteiger charge is -2.13. The average Bonchev–Trinajstić information content (AvgIpc) is 3.20. The summed E-state index contributed by atoms with van der Waals surface area (Å²) in [6.07, 6.45) is 1.69. The van der Waals surface area contributed by atoms with Crippen LogP contribution in [0.5, 0.6) is 11.6 Å². The van der Waals surface area contributed by atoms with Crippen molar-refractivity contribution in [3.05, 3.63) is 59.7 Å². The van der Waals surface area contributed by atoms with Crippen molar-refractivity contribution in [2.75, 3.05) is 0 Å². The Morgan fingerprint density at radius 2 is 1.89 bits per heavy atom. The summed E-state index contributed by atoms with van der Waals surface area (Å²) >= 11 is 0. The second-order valence-corrected chi connectivity index (χ2v) is 6.04. The molecule has 0 radical (unpaired) electrons. The number of halogens is 3. The average molecular weight is 373 g/mol. The predicted octanol–water partition coefficient (Wildman–Crippen LogP) is 4.41. The van der Waals surface area contributed by atoms with Gasteiger partial charge in [0.15, 0.2) is 17.4 Å². The third-order valence-electron chi connectivity index (χ3n) is 4.48. The number of fused-ring (bicyclic) bond motifs is 1. The van der Waals surface area contributed by atoms with Gasteiger partial charge < -0.3 is 15.2 Å². The molecule has 0 fully saturated rings. The molecule has 0 aliphatic heterocycles. The summed E-state index contributed by atoms with van der Waals surface area (Å²) in [6.45, 7) is 1.67. The topological polar surface area (TPSA) is 74.1 Å². The Morgan fingerprint density at radius 3 is 2.63 bits per heavy atom. The van der Waals surface area contributed by atoms with Crippen molar-refractivity contribution in [3.8, 4) is 28.6 Å². The van der Waals surface area contributed by atoms with Gasteiger partial charge in [-0.15, -0.1) is 0 Å². The molecule has 138 valence electrons. The monoisotopic (exact) mass is 373 g/mol. The van der Waals surface area contributed by atoms with Crippen LogP contribution in [0.2, 0.25) is 0 Å². The van der Waals surface area contributed by atoms with Crippen molar-refractivity contribution in [2.45, 2.75) is 13.3 Å². The van der Waals surface area contributed by atoms with Gasteiger partial charge in [0.1, 0.15) is 5.82 Å². The van der Waals surface area contributed by atoms with Crippen LogP contribution in [0.1, 0.15) is 12.5 Å². The lowest BCUT2D eigenvalue weighted by molar-refractivity contribution is 0.385. The molecule has 5 nitrogen and oxygen atoms in total. The highest BCUT2D eigenvalue weighted by Gasteiger charge is 2.27. The third-order valence-corrected chi connectivity index (χ3v) is 4.48. The molecular weight excluding hydrogens is 359 g/mol. The van der Waals surface area contributed by atoms with Gasteiger partial charge in [0, 0.05) is 17.2 Å². The number of H-pyrrole nitrogens is 1. The molecule has 0 aliphatic carbocycles. The Morgan fingerprint density at radius 1 is 1.11 bits per heavy atom. The number of hydrogen-bond donors (Lipinski definition) is 3. The van der Waals surface area contributed by atoms with Gasteiger partial charge in [-0.25, -0.2) is 18.2 Å². The van der Waals surface area contributed by atoms with Crippen LogP contribution in [0.4, 0.5) is 13.2 Å². The van der Waals surface area contributed by atoms with Gasteiger partial charge in [-0.3, -0.25) is 4.57 Å². The van der Waals surface area contributed by atoms with Crippen LogP contribution in [-0.4, -0.2) is 24.7 Å². The number of nitrogens with one attached hydrogen (secondary N) is 1. The van der Waals surface area contributed by atoms with Crippen LogP contribution >= 0.6 is 0 Å². The number of rotatable bonds is 3. The zero-order valence-electron chi connectivity index (χ0n) is 14.1. The maximum Gasteiger partial charge on any atom is 0.240 e. The second kappa shape index (κ2) is 6.08. The normalized spacial score (nSPS) is 11.4. The van der Waals surface area contributed by atoms with Gasteiger partial charge in [0.25, 0.3) is 0 Å². The second-order valence-electron chi connectivity index (χ2n) is 6.04. The smallest absolute Gasteiger partial charge is 0.240 e. The summed E-state index contributed by atoms with van der Waals surface area (Å²) in [7, 11) is 0. The number of aromatic hydroxyl groups is 2. The fourth-order valence-electron chi connectivity index (χ4n) is 3.25. The summed E-state index contributed by atoms with van der Waals surface area (Å²) in [5, 5.41) is 20.8. The zero-order chi connectivity index (χ0) is 19.3. The highest BCUT2D eigenvalue weighted by Crippen LogP contribution is 2.44. The van der Waals surface area contributed by atoms with Crippen molar-refractivity contribution >= 4 is 11.0 Å². The predicted molar refractivity (Wildman–Crippen MR) is 93.4 cm³/mol. The van der Waals surface area contributed by atoms with E-state index in [9.17, 15) is 23.4 Å². The molecule has 2 heterocycles. The summed E-state index contributed by atoms with van der Waals surface area (Å²) in [6, 6.07) is 6.15. The van der Waals surface area contributed by atoms with Crippen LogP contribution in [0.3, 0.4) is 0 Å². The SMILES string of the molecule is CCc1c(O)c(O)n(-c2ccc3nc[nH]c3c2)c1-c1cc(F)cc(F)c1F. The Kier molecular flexibility index (Phi) is 3.83. The molecule has 0 bridgehead atoms. The lowest BCUT2D eigenvalue weighted by atomic mass is 10.0. The molecule has 0 spiro atoms. The summed E-state index contributed by atoms with van der Waals surface area (Å²) in [5.74, 6) is -4.62. The molecule has 0 aliphatic rings. The van der Waals surface area contributed by atoms with Crippen LogP contribution in [0.15, 0.2) is 36.7 Å². The molecule has 0 unspecified atom stereocenters. The van der Waals surface area contributed by atoms with E-state index in [1.165, 1.54) is 6.33 Å². The van der Waals surface area contributed by atoms with E-state index in [-0.39, 0.29) is 17.7 Å². The first-order valence-electron chi connectivity index (χ1n) is 8.16. The highest BCUT2D eigenvalue weighted by atomic mass is 19.2. The minimum Gasteiger partial charge on any atom is -0.503 e. The van der Waals surface area contributed by atoms with E-state index in [1.807, 2.05) is 0 Å². The van der Waals surface area contributed by atoms with Crippen LogP contribution < -0.4 is 0 Å². The maximum absolute atomic E-state index is 14.5. The van der Waals surface area contributed by atoms with Gasteiger partial charge in [-0.05, 0) is 30.7 Å². The van der Waals surface area contributed by atoms with E-state index in [0.29, 0.717) is 22.8 Å². The first kappa shape index (κ1) is 17.0. The minimum absolute atomic E-state index is 0.0257. The number of imidazole rings is 1. The third kappa shape index (κ3) is 2.52. The van der Waals surface area contributed by atoms with Crippen LogP contribution in [-0.2, 0) is 6.42 Å². The van der Waals surface area contributed by atoms with Gasteiger partial charge in [-0.1, -0.05) is 6.92 Å². The van der Waals surface area contributed by atoms with Crippen LogP contribution in [0, 0.1) is 17.5 Å². The number of hydrogen-bond acceptors (Lipinski definition) is 3. The van der Waals surface area contributed by atoms with Gasteiger partial charge >= 0.3 is 0 Å². The van der Waals surface area contributed by atoms with E-state index in [1.54, 1.807) is 25.1 Å². The molecule has 0 saturated carbocycles. The van der Waals surface area contributed by atoms with Gasteiger partial charge in [0.05, 0.1) is 28.7 Å². The van der Waals surface area contributed by atoms with Crippen molar-refractivity contribution in [2.24, 2.45) is 0 Å². The van der Waals surface area contributed by atoms with E-state index in [4.69, 9.17) is 0 Å². The van der Waals surface area contributed by atoms with E-state index >= 15 is 0 Å². The largest absolute Gasteiger partial charge is 0.503 e. The lowest BCUT2D eigenvalue weighted by Crippen LogP contribution is -2.02. The van der Waals surface area contributed by atoms with Crippen LogP contribution in [0.25, 0.3) is 28.0 Å². The number of aromatic amines is 1. The number of benzene rings is 2. The standard InChI is InChI=1S/C19H14F3N3O2/c1-2-11-17(12-5-9(20)6-13(21)16(12)22)25(19(27)18(11)26)10-3-4-14-15(7-10)24-8-23-14/h3-8,26-27H,2H2,1H3,(H,23,24). The minimum atomic E-state index is -1.36. The first-order chi connectivity index (χ1) is 12.9. The van der Waals surface area contributed by atoms with E-state index in [0.717, 1.165) is 10.6 Å². The molecule has 2 aromatic heterocycles. The molecule has 0 atom stereocenters. The molecule has 0 saturated heterocycles. The molecule has 3 N–H and O–H groups in total. The van der Waals surface area contributed by atoms with Crippen molar-refractivity contribution in [1.82, 2.24) is 14.5 Å². The summed E-state index contributed by atoms with van der Waals surface area (Å²) in [4.78, 5) is 7.01. The number of aromatic nitrogens is 3. The Bertz CT molecular complexity index is 1180. The van der Waals surface area contributed by atoms with Gasteiger partial charge in [-0.2, -0.15) is 0 Å². The van der Waals surface area contributed by atoms with Crippen molar-refractivity contribution in [3.63, 3.8) is 0 Å². The Hall–Kier alpha value is -3.42. The van der Waals surface area contributed by atoms with Gasteiger partial charge in [0.2, 0.25) is 5.88 Å². The van der Waals surface area contributed by atoms with Crippen molar-refractivity contribution in [1.29, 1.82) is 0 Å². The highest BCUT2D eigenvalue weighted by molar-refractivity contribution is 5.80.